The standard InChI is InChI=1S/C21H24N2O5/c24-19(9-4-10-21(26)27)22-11-13-23(14-12-22)20(25)15-28-18-8-3-6-16-5-1-2-7-17(16)18/h1-3,5-8H,4,9-15H2,(H,26,27)/p-1. The lowest BCUT2D eigenvalue weighted by Crippen LogP contribution is -2.51. The van der Waals surface area contributed by atoms with Crippen molar-refractivity contribution in [2.75, 3.05) is 32.8 Å². The minimum absolute atomic E-state index is 0.0480. The van der Waals surface area contributed by atoms with E-state index in [1.807, 2.05) is 42.5 Å². The van der Waals surface area contributed by atoms with E-state index in [9.17, 15) is 19.5 Å². The van der Waals surface area contributed by atoms with Crippen LogP contribution in [0.1, 0.15) is 19.3 Å². The van der Waals surface area contributed by atoms with E-state index in [0.29, 0.717) is 31.9 Å². The zero-order chi connectivity index (χ0) is 19.9. The van der Waals surface area contributed by atoms with E-state index < -0.39 is 5.97 Å². The first-order chi connectivity index (χ1) is 13.5. The lowest BCUT2D eigenvalue weighted by Gasteiger charge is -2.34. The number of benzene rings is 2. The van der Waals surface area contributed by atoms with Crippen LogP contribution in [0, 0.1) is 0 Å². The highest BCUT2D eigenvalue weighted by atomic mass is 16.5. The first kappa shape index (κ1) is 19.7. The number of rotatable bonds is 7. The van der Waals surface area contributed by atoms with Crippen LogP contribution in [0.5, 0.6) is 5.75 Å². The van der Waals surface area contributed by atoms with Gasteiger partial charge >= 0.3 is 0 Å². The molecule has 1 saturated heterocycles. The van der Waals surface area contributed by atoms with Crippen LogP contribution in [0.15, 0.2) is 42.5 Å². The summed E-state index contributed by atoms with van der Waals surface area (Å²) >= 11 is 0. The summed E-state index contributed by atoms with van der Waals surface area (Å²) in [5, 5.41) is 12.4. The number of carbonyl (C=O) groups is 3. The lowest BCUT2D eigenvalue weighted by atomic mass is 10.1. The molecule has 0 atom stereocenters. The first-order valence-electron chi connectivity index (χ1n) is 9.40. The van der Waals surface area contributed by atoms with Crippen LogP contribution >= 0.6 is 0 Å². The van der Waals surface area contributed by atoms with Gasteiger partial charge < -0.3 is 24.4 Å². The molecule has 28 heavy (non-hydrogen) atoms. The molecule has 2 amide bonds. The summed E-state index contributed by atoms with van der Waals surface area (Å²) in [7, 11) is 0. The number of carboxylic acid groups (broad SMARTS) is 1. The Kier molecular flexibility index (Phi) is 6.47. The number of ether oxygens (including phenoxy) is 1. The Bertz CT molecular complexity index is 853. The fourth-order valence-corrected chi connectivity index (χ4v) is 3.30. The van der Waals surface area contributed by atoms with Gasteiger partial charge in [0.2, 0.25) is 5.91 Å². The molecule has 0 radical (unpaired) electrons. The second-order valence-electron chi connectivity index (χ2n) is 6.75. The average Bonchev–Trinajstić information content (AvgIpc) is 2.71. The molecule has 0 bridgehead atoms. The number of carbonyl (C=O) groups excluding carboxylic acids is 3. The van der Waals surface area contributed by atoms with Crippen LogP contribution in [-0.2, 0) is 14.4 Å². The maximum Gasteiger partial charge on any atom is 0.260 e. The van der Waals surface area contributed by atoms with Gasteiger partial charge in [-0.15, -0.1) is 0 Å². The predicted molar refractivity (Wildman–Crippen MR) is 101 cm³/mol. The maximum absolute atomic E-state index is 12.5. The summed E-state index contributed by atoms with van der Waals surface area (Å²) in [5.41, 5.74) is 0. The smallest absolute Gasteiger partial charge is 0.260 e. The van der Waals surface area contributed by atoms with Crippen molar-refractivity contribution < 1.29 is 24.2 Å². The van der Waals surface area contributed by atoms with Crippen molar-refractivity contribution in [2.45, 2.75) is 19.3 Å². The van der Waals surface area contributed by atoms with Crippen molar-refractivity contribution in [3.8, 4) is 5.75 Å². The monoisotopic (exact) mass is 383 g/mol. The minimum Gasteiger partial charge on any atom is -0.550 e. The summed E-state index contributed by atoms with van der Waals surface area (Å²) in [6.45, 7) is 1.75. The van der Waals surface area contributed by atoms with E-state index >= 15 is 0 Å². The van der Waals surface area contributed by atoms with Crippen LogP contribution in [0.3, 0.4) is 0 Å². The Morgan fingerprint density at radius 3 is 2.21 bits per heavy atom. The molecule has 0 aromatic heterocycles. The Morgan fingerprint density at radius 2 is 1.50 bits per heavy atom. The third-order valence-electron chi connectivity index (χ3n) is 4.86. The third-order valence-corrected chi connectivity index (χ3v) is 4.86. The Morgan fingerprint density at radius 1 is 0.857 bits per heavy atom. The molecular formula is C21H23N2O5-. The summed E-state index contributed by atoms with van der Waals surface area (Å²) in [6.07, 6.45) is 0.348. The molecule has 1 aliphatic rings. The molecule has 1 aliphatic heterocycles. The Hall–Kier alpha value is -3.09. The second kappa shape index (κ2) is 9.21. The normalized spacial score (nSPS) is 14.1. The van der Waals surface area contributed by atoms with Gasteiger partial charge in [0.15, 0.2) is 6.61 Å². The van der Waals surface area contributed by atoms with Crippen LogP contribution in [0.4, 0.5) is 0 Å². The zero-order valence-corrected chi connectivity index (χ0v) is 15.6. The molecule has 148 valence electrons. The minimum atomic E-state index is -1.14. The molecule has 0 unspecified atom stereocenters. The molecular weight excluding hydrogens is 360 g/mol. The summed E-state index contributed by atoms with van der Waals surface area (Å²) in [4.78, 5) is 38.3. The number of fused-ring (bicyclic) bond motifs is 1. The SMILES string of the molecule is O=C([O-])CCCC(=O)N1CCN(C(=O)COc2cccc3ccccc23)CC1. The summed E-state index contributed by atoms with van der Waals surface area (Å²) in [5.74, 6) is -0.667. The molecule has 2 aromatic rings. The van der Waals surface area contributed by atoms with Gasteiger partial charge in [-0.25, -0.2) is 0 Å². The van der Waals surface area contributed by atoms with Crippen LogP contribution in [0.2, 0.25) is 0 Å². The molecule has 0 spiro atoms. The van der Waals surface area contributed by atoms with E-state index in [1.54, 1.807) is 9.80 Å². The van der Waals surface area contributed by atoms with E-state index in [2.05, 4.69) is 0 Å². The lowest BCUT2D eigenvalue weighted by molar-refractivity contribution is -0.305. The second-order valence-corrected chi connectivity index (χ2v) is 6.75. The van der Waals surface area contributed by atoms with Gasteiger partial charge in [-0.05, 0) is 24.3 Å². The largest absolute Gasteiger partial charge is 0.550 e. The predicted octanol–water partition coefficient (Wildman–Crippen LogP) is 0.810. The van der Waals surface area contributed by atoms with Gasteiger partial charge in [-0.3, -0.25) is 9.59 Å². The summed E-state index contributed by atoms with van der Waals surface area (Å²) < 4.78 is 5.75. The quantitative estimate of drug-likeness (QED) is 0.706. The van der Waals surface area contributed by atoms with E-state index in [-0.39, 0.29) is 37.7 Å². The summed E-state index contributed by atoms with van der Waals surface area (Å²) in [6, 6.07) is 13.6. The van der Waals surface area contributed by atoms with E-state index in [1.165, 1.54) is 0 Å². The van der Waals surface area contributed by atoms with Gasteiger partial charge in [-0.2, -0.15) is 0 Å². The Balaban J connectivity index is 1.46. The number of nitrogens with zero attached hydrogens (tertiary/aromatic N) is 2. The molecule has 1 fully saturated rings. The number of aliphatic carboxylic acids is 1. The zero-order valence-electron chi connectivity index (χ0n) is 15.6. The fraction of sp³-hybridized carbons (Fsp3) is 0.381. The van der Waals surface area contributed by atoms with Gasteiger partial charge in [0.05, 0.1) is 0 Å². The van der Waals surface area contributed by atoms with Crippen molar-refractivity contribution in [1.29, 1.82) is 0 Å². The first-order valence-corrected chi connectivity index (χ1v) is 9.40. The van der Waals surface area contributed by atoms with Crippen molar-refractivity contribution >= 4 is 28.6 Å². The van der Waals surface area contributed by atoms with Crippen LogP contribution in [-0.4, -0.2) is 60.4 Å². The topological polar surface area (TPSA) is 90.0 Å². The average molecular weight is 383 g/mol. The molecule has 7 nitrogen and oxygen atoms in total. The number of carboxylic acids is 1. The van der Waals surface area contributed by atoms with Gasteiger partial charge in [0, 0.05) is 44.0 Å². The van der Waals surface area contributed by atoms with Gasteiger partial charge in [-0.1, -0.05) is 36.4 Å². The molecule has 1 heterocycles. The molecule has 2 aromatic carbocycles. The van der Waals surface area contributed by atoms with Gasteiger partial charge in [0.25, 0.3) is 5.91 Å². The molecule has 7 heteroatoms. The number of hydrogen-bond donors (Lipinski definition) is 0. The third kappa shape index (κ3) is 5.00. The van der Waals surface area contributed by atoms with Crippen LogP contribution < -0.4 is 9.84 Å². The number of hydrogen-bond acceptors (Lipinski definition) is 5. The van der Waals surface area contributed by atoms with Crippen molar-refractivity contribution in [1.82, 2.24) is 9.80 Å². The van der Waals surface area contributed by atoms with Crippen molar-refractivity contribution in [3.05, 3.63) is 42.5 Å². The number of piperazine rings is 1. The van der Waals surface area contributed by atoms with Crippen molar-refractivity contribution in [2.24, 2.45) is 0 Å². The van der Waals surface area contributed by atoms with E-state index in [0.717, 1.165) is 10.8 Å². The molecule has 3 rings (SSSR count). The molecule has 0 saturated carbocycles. The van der Waals surface area contributed by atoms with E-state index in [4.69, 9.17) is 4.74 Å². The fourth-order valence-electron chi connectivity index (χ4n) is 3.30. The Labute approximate surface area is 163 Å². The van der Waals surface area contributed by atoms with Crippen molar-refractivity contribution in [3.63, 3.8) is 0 Å². The molecule has 0 aliphatic carbocycles. The van der Waals surface area contributed by atoms with Crippen LogP contribution in [0.25, 0.3) is 10.8 Å². The highest BCUT2D eigenvalue weighted by Gasteiger charge is 2.24. The van der Waals surface area contributed by atoms with Gasteiger partial charge in [0.1, 0.15) is 5.75 Å². The highest BCUT2D eigenvalue weighted by molar-refractivity contribution is 5.88. The highest BCUT2D eigenvalue weighted by Crippen LogP contribution is 2.25. The number of amides is 2. The maximum atomic E-state index is 12.5. The molecule has 0 N–H and O–H groups in total.